The van der Waals surface area contributed by atoms with Gasteiger partial charge in [-0.3, -0.25) is 0 Å². The van der Waals surface area contributed by atoms with Crippen LogP contribution in [0.2, 0.25) is 0 Å². The van der Waals surface area contributed by atoms with Gasteiger partial charge < -0.3 is 15.2 Å². The van der Waals surface area contributed by atoms with Gasteiger partial charge in [-0.1, -0.05) is 6.07 Å². The van der Waals surface area contributed by atoms with Crippen LogP contribution in [0.3, 0.4) is 0 Å². The number of aryl methyl sites for hydroxylation is 2. The van der Waals surface area contributed by atoms with Gasteiger partial charge in [0.05, 0.1) is 12.7 Å². The molecular formula is C16H25NO2. The summed E-state index contributed by atoms with van der Waals surface area (Å²) >= 11 is 0. The number of hydrogen-bond donors (Lipinski definition) is 2. The highest BCUT2D eigenvalue weighted by Gasteiger charge is 2.24. The van der Waals surface area contributed by atoms with E-state index in [1.54, 1.807) is 0 Å². The molecule has 0 radical (unpaired) electrons. The third-order valence-corrected chi connectivity index (χ3v) is 4.10. The van der Waals surface area contributed by atoms with Crippen molar-refractivity contribution in [1.29, 1.82) is 0 Å². The number of aliphatic hydroxyl groups excluding tert-OH is 1. The van der Waals surface area contributed by atoms with E-state index in [4.69, 9.17) is 4.74 Å². The van der Waals surface area contributed by atoms with Crippen LogP contribution in [0.15, 0.2) is 18.2 Å². The number of benzene rings is 1. The van der Waals surface area contributed by atoms with Crippen LogP contribution in [0, 0.1) is 0 Å². The van der Waals surface area contributed by atoms with Gasteiger partial charge in [-0.05, 0) is 63.4 Å². The molecule has 2 N–H and O–H groups in total. The van der Waals surface area contributed by atoms with E-state index in [0.29, 0.717) is 0 Å². The van der Waals surface area contributed by atoms with E-state index >= 15 is 0 Å². The van der Waals surface area contributed by atoms with Gasteiger partial charge >= 0.3 is 0 Å². The molecule has 0 aliphatic heterocycles. The maximum absolute atomic E-state index is 9.41. The Labute approximate surface area is 116 Å². The quantitative estimate of drug-likeness (QED) is 0.827. The summed E-state index contributed by atoms with van der Waals surface area (Å²) in [5.74, 6) is 0.949. The van der Waals surface area contributed by atoms with E-state index in [1.165, 1.54) is 30.4 Å². The maximum atomic E-state index is 9.41. The molecule has 3 heteroatoms. The number of rotatable bonds is 6. The van der Waals surface area contributed by atoms with Crippen LogP contribution in [0.4, 0.5) is 0 Å². The van der Waals surface area contributed by atoms with Crippen molar-refractivity contribution in [3.63, 3.8) is 0 Å². The number of hydrogen-bond acceptors (Lipinski definition) is 3. The fourth-order valence-electron chi connectivity index (χ4n) is 2.78. The summed E-state index contributed by atoms with van der Waals surface area (Å²) in [7, 11) is 1.87. The van der Waals surface area contributed by atoms with Crippen LogP contribution in [0.25, 0.3) is 0 Å². The van der Waals surface area contributed by atoms with Gasteiger partial charge in [0.1, 0.15) is 5.75 Å². The predicted molar refractivity (Wildman–Crippen MR) is 77.7 cm³/mol. The molecule has 1 aromatic rings. The van der Waals surface area contributed by atoms with Crippen molar-refractivity contribution in [3.8, 4) is 5.75 Å². The van der Waals surface area contributed by atoms with Crippen LogP contribution in [-0.2, 0) is 12.8 Å². The third-order valence-electron chi connectivity index (χ3n) is 4.10. The van der Waals surface area contributed by atoms with Crippen LogP contribution < -0.4 is 10.1 Å². The molecule has 0 spiro atoms. The van der Waals surface area contributed by atoms with Crippen molar-refractivity contribution >= 4 is 0 Å². The molecule has 19 heavy (non-hydrogen) atoms. The molecular weight excluding hydrogens is 238 g/mol. The Bertz CT molecular complexity index is 427. The zero-order valence-electron chi connectivity index (χ0n) is 12.2. The van der Waals surface area contributed by atoms with Crippen LogP contribution in [0.1, 0.15) is 37.8 Å². The van der Waals surface area contributed by atoms with Crippen molar-refractivity contribution in [2.24, 2.45) is 0 Å². The largest absolute Gasteiger partial charge is 0.491 e. The van der Waals surface area contributed by atoms with Gasteiger partial charge in [0, 0.05) is 12.0 Å². The fourth-order valence-corrected chi connectivity index (χ4v) is 2.78. The van der Waals surface area contributed by atoms with Crippen molar-refractivity contribution < 1.29 is 9.84 Å². The lowest BCUT2D eigenvalue weighted by Gasteiger charge is -2.30. The maximum Gasteiger partial charge on any atom is 0.119 e. The summed E-state index contributed by atoms with van der Waals surface area (Å²) < 4.78 is 5.99. The first kappa shape index (κ1) is 14.4. The first-order valence-corrected chi connectivity index (χ1v) is 7.14. The molecule has 1 aliphatic rings. The molecule has 1 aromatic carbocycles. The molecule has 0 heterocycles. The van der Waals surface area contributed by atoms with E-state index in [-0.39, 0.29) is 18.2 Å². The summed E-state index contributed by atoms with van der Waals surface area (Å²) in [6.07, 6.45) is 4.48. The number of likely N-dealkylation sites (N-methyl/N-ethyl adjacent to an activating group) is 1. The smallest absolute Gasteiger partial charge is 0.119 e. The number of nitrogens with one attached hydrogen (secondary N) is 1. The second kappa shape index (κ2) is 5.93. The lowest BCUT2D eigenvalue weighted by atomic mass is 9.96. The van der Waals surface area contributed by atoms with Crippen molar-refractivity contribution in [1.82, 2.24) is 5.32 Å². The Hall–Kier alpha value is -1.06. The SMILES string of the molecule is CNC(C)(CO)CC(C)Oc1ccc2c(c1)CCC2. The Kier molecular flexibility index (Phi) is 4.48. The zero-order valence-corrected chi connectivity index (χ0v) is 12.2. The van der Waals surface area contributed by atoms with Crippen molar-refractivity contribution in [2.75, 3.05) is 13.7 Å². The van der Waals surface area contributed by atoms with E-state index in [0.717, 1.165) is 12.2 Å². The first-order valence-electron chi connectivity index (χ1n) is 7.14. The highest BCUT2D eigenvalue weighted by molar-refractivity contribution is 5.38. The Morgan fingerprint density at radius 2 is 2.11 bits per heavy atom. The molecule has 106 valence electrons. The average Bonchev–Trinajstić information content (AvgIpc) is 2.85. The molecule has 0 aromatic heterocycles. The topological polar surface area (TPSA) is 41.5 Å². The number of ether oxygens (including phenoxy) is 1. The van der Waals surface area contributed by atoms with E-state index in [2.05, 4.69) is 30.4 Å². The minimum absolute atomic E-state index is 0.0732. The summed E-state index contributed by atoms with van der Waals surface area (Å²) in [6, 6.07) is 6.43. The summed E-state index contributed by atoms with van der Waals surface area (Å²) in [5, 5.41) is 12.6. The van der Waals surface area contributed by atoms with E-state index < -0.39 is 0 Å². The van der Waals surface area contributed by atoms with Crippen LogP contribution in [-0.4, -0.2) is 30.4 Å². The van der Waals surface area contributed by atoms with E-state index in [1.807, 2.05) is 14.0 Å². The second-order valence-electron chi connectivity index (χ2n) is 5.89. The summed E-state index contributed by atoms with van der Waals surface area (Å²) in [6.45, 7) is 4.18. The van der Waals surface area contributed by atoms with Crippen molar-refractivity contribution in [3.05, 3.63) is 29.3 Å². The molecule has 0 fully saturated rings. The normalized spacial score (nSPS) is 18.7. The fraction of sp³-hybridized carbons (Fsp3) is 0.625. The highest BCUT2D eigenvalue weighted by atomic mass is 16.5. The van der Waals surface area contributed by atoms with Gasteiger partial charge in [-0.25, -0.2) is 0 Å². The van der Waals surface area contributed by atoms with Gasteiger partial charge in [-0.15, -0.1) is 0 Å². The zero-order chi connectivity index (χ0) is 13.9. The van der Waals surface area contributed by atoms with Gasteiger partial charge in [0.2, 0.25) is 0 Å². The van der Waals surface area contributed by atoms with Crippen molar-refractivity contribution in [2.45, 2.75) is 51.2 Å². The number of fused-ring (bicyclic) bond motifs is 1. The molecule has 0 bridgehead atoms. The monoisotopic (exact) mass is 263 g/mol. The Morgan fingerprint density at radius 3 is 2.79 bits per heavy atom. The molecule has 2 rings (SSSR count). The first-order chi connectivity index (χ1) is 9.06. The summed E-state index contributed by atoms with van der Waals surface area (Å²) in [4.78, 5) is 0. The van der Waals surface area contributed by atoms with Crippen LogP contribution in [0.5, 0.6) is 5.75 Å². The molecule has 3 nitrogen and oxygen atoms in total. The molecule has 2 atom stereocenters. The standard InChI is InChI=1S/C16H25NO2/c1-12(10-16(2,11-18)17-3)19-15-8-7-13-5-4-6-14(13)9-15/h7-9,12,17-18H,4-6,10-11H2,1-3H3. The Morgan fingerprint density at radius 1 is 1.37 bits per heavy atom. The lowest BCUT2D eigenvalue weighted by Crippen LogP contribution is -2.46. The number of aliphatic hydroxyl groups is 1. The lowest BCUT2D eigenvalue weighted by molar-refractivity contribution is 0.115. The van der Waals surface area contributed by atoms with E-state index in [9.17, 15) is 5.11 Å². The average molecular weight is 263 g/mol. The summed E-state index contributed by atoms with van der Waals surface area (Å²) in [5.41, 5.74) is 2.62. The molecule has 0 saturated carbocycles. The molecule has 0 amide bonds. The van der Waals surface area contributed by atoms with Gasteiger partial charge in [0.15, 0.2) is 0 Å². The minimum atomic E-state index is -0.282. The Balaban J connectivity index is 1.97. The molecule has 1 aliphatic carbocycles. The minimum Gasteiger partial charge on any atom is -0.491 e. The van der Waals surface area contributed by atoms with Gasteiger partial charge in [-0.2, -0.15) is 0 Å². The second-order valence-corrected chi connectivity index (χ2v) is 5.89. The van der Waals surface area contributed by atoms with Gasteiger partial charge in [0.25, 0.3) is 0 Å². The molecule has 2 unspecified atom stereocenters. The third kappa shape index (κ3) is 3.48. The highest BCUT2D eigenvalue weighted by Crippen LogP contribution is 2.27. The predicted octanol–water partition coefficient (Wildman–Crippen LogP) is 2.30. The van der Waals surface area contributed by atoms with Crippen LogP contribution >= 0.6 is 0 Å². The molecule has 0 saturated heterocycles.